The van der Waals surface area contributed by atoms with Crippen LogP contribution in [-0.2, 0) is 15.6 Å². The summed E-state index contributed by atoms with van der Waals surface area (Å²) < 4.78 is 4.61. The lowest BCUT2D eigenvalue weighted by atomic mass is 9.70. The van der Waals surface area contributed by atoms with E-state index in [1.54, 1.807) is 0 Å². The first kappa shape index (κ1) is 45.8. The number of hydrogen-bond donors (Lipinski definition) is 0. The molecule has 1 aliphatic heterocycles. The second-order valence-corrected chi connectivity index (χ2v) is 20.7. The minimum atomic E-state index is -1.02. The Morgan fingerprint density at radius 3 is 1.61 bits per heavy atom. The number of fused-ring (bicyclic) bond motifs is 7. The molecular weight excluding hydrogens is 805 g/mol. The van der Waals surface area contributed by atoms with Crippen LogP contribution in [0.15, 0.2) is 133 Å². The first-order valence-electron chi connectivity index (χ1n) is 25.9. The summed E-state index contributed by atoms with van der Waals surface area (Å²) >= 11 is 0. The van der Waals surface area contributed by atoms with E-state index in [1.807, 2.05) is 0 Å². The molecule has 1 saturated carbocycles. The molecule has 66 heavy (non-hydrogen) atoms. The van der Waals surface area contributed by atoms with Crippen LogP contribution >= 0.6 is 0 Å². The largest absolute Gasteiger partial charge is 0.544 e. The van der Waals surface area contributed by atoms with E-state index in [1.165, 1.54) is 119 Å². The number of carbonyl (C=O) groups is 1. The van der Waals surface area contributed by atoms with Gasteiger partial charge in [-0.2, -0.15) is 9.15 Å². The number of carboxylic acid groups (broad SMARTS) is 1. The van der Waals surface area contributed by atoms with E-state index in [0.29, 0.717) is 5.92 Å². The van der Waals surface area contributed by atoms with Gasteiger partial charge >= 0.3 is 0 Å². The fraction of sp³-hybridized carbons (Fsp3) is 0.435. The van der Waals surface area contributed by atoms with Crippen molar-refractivity contribution < 1.29 is 14.5 Å². The van der Waals surface area contributed by atoms with Crippen LogP contribution in [0, 0.1) is 11.3 Å². The Labute approximate surface area is 396 Å². The number of rotatable bonds is 17. The Hall–Kier alpha value is -5.35. The number of hydrogen-bond acceptors (Lipinski definition) is 2. The summed E-state index contributed by atoms with van der Waals surface area (Å²) in [6, 6.07) is 33.3. The van der Waals surface area contributed by atoms with Crippen molar-refractivity contribution >= 4 is 28.8 Å². The Kier molecular flexibility index (Phi) is 13.3. The molecule has 1 fully saturated rings. The SMILES string of the molecule is CCCCC1(CCCC)c2ccccc2-c2ccc([N+](=C3C=CC(=CC=C4[N+](CC(=O)[O-])=C5CCCCC5C4(C)C)C=C3)c3ccc4c(c3)C(CCCC)(CCCC)c3ccccc3-4)cc21. The summed E-state index contributed by atoms with van der Waals surface area (Å²) in [5.41, 5.74) is 18.4. The third-order valence-corrected chi connectivity index (χ3v) is 16.5. The minimum absolute atomic E-state index is 0.0185. The van der Waals surface area contributed by atoms with E-state index in [4.69, 9.17) is 0 Å². The van der Waals surface area contributed by atoms with Gasteiger partial charge in [0.25, 0.3) is 0 Å². The lowest BCUT2D eigenvalue weighted by Gasteiger charge is -2.33. The number of nitrogens with zero attached hydrogens (tertiary/aromatic N) is 2. The van der Waals surface area contributed by atoms with Crippen molar-refractivity contribution in [2.24, 2.45) is 11.3 Å². The van der Waals surface area contributed by atoms with Gasteiger partial charge in [0.15, 0.2) is 18.0 Å². The van der Waals surface area contributed by atoms with Gasteiger partial charge < -0.3 is 9.90 Å². The van der Waals surface area contributed by atoms with Gasteiger partial charge in [-0.25, -0.2) is 0 Å². The number of carbonyl (C=O) groups excluding carboxylic acids is 1. The summed E-state index contributed by atoms with van der Waals surface area (Å²) in [6.45, 7) is 13.8. The number of benzene rings is 4. The molecule has 4 heteroatoms. The molecule has 342 valence electrons. The van der Waals surface area contributed by atoms with Crippen molar-refractivity contribution in [3.63, 3.8) is 0 Å². The Bertz CT molecular complexity index is 2540. The van der Waals surface area contributed by atoms with Gasteiger partial charge in [-0.15, -0.1) is 0 Å². The topological polar surface area (TPSA) is 46.1 Å². The monoisotopic (exact) mass is 878 g/mol. The highest BCUT2D eigenvalue weighted by Crippen LogP contribution is 2.57. The van der Waals surface area contributed by atoms with E-state index < -0.39 is 5.97 Å². The van der Waals surface area contributed by atoms with Crippen LogP contribution < -0.4 is 9.68 Å². The third kappa shape index (κ3) is 7.94. The highest BCUT2D eigenvalue weighted by molar-refractivity contribution is 6.09. The summed E-state index contributed by atoms with van der Waals surface area (Å²) in [6.07, 6.45) is 32.0. The first-order valence-corrected chi connectivity index (χ1v) is 25.9. The van der Waals surface area contributed by atoms with E-state index in [2.05, 4.69) is 172 Å². The molecule has 5 aliphatic rings. The molecule has 4 aromatic rings. The highest BCUT2D eigenvalue weighted by Gasteiger charge is 2.52. The van der Waals surface area contributed by atoms with Gasteiger partial charge in [-0.1, -0.05) is 134 Å². The zero-order chi connectivity index (χ0) is 46.1. The quantitative estimate of drug-likeness (QED) is 0.0992. The smallest absolute Gasteiger partial charge is 0.212 e. The molecule has 0 N–H and O–H groups in total. The van der Waals surface area contributed by atoms with Crippen molar-refractivity contribution in [2.75, 3.05) is 6.54 Å². The van der Waals surface area contributed by atoms with E-state index >= 15 is 0 Å². The lowest BCUT2D eigenvalue weighted by Crippen LogP contribution is -2.34. The average molecular weight is 878 g/mol. The fourth-order valence-corrected chi connectivity index (χ4v) is 13.2. The van der Waals surface area contributed by atoms with Crippen molar-refractivity contribution in [2.45, 2.75) is 155 Å². The summed E-state index contributed by atoms with van der Waals surface area (Å²) in [4.78, 5) is 12.1. The van der Waals surface area contributed by atoms with Gasteiger partial charge in [0, 0.05) is 59.7 Å². The van der Waals surface area contributed by atoms with Crippen LogP contribution in [0.1, 0.15) is 167 Å². The second-order valence-electron chi connectivity index (χ2n) is 20.7. The fourth-order valence-electron chi connectivity index (χ4n) is 13.2. The molecule has 1 atom stereocenters. The molecule has 0 radical (unpaired) electrons. The molecule has 0 spiro atoms. The first-order chi connectivity index (χ1) is 32.1. The predicted octanol–water partition coefficient (Wildman–Crippen LogP) is 14.6. The maximum absolute atomic E-state index is 12.1. The van der Waals surface area contributed by atoms with Crippen LogP contribution in [0.3, 0.4) is 0 Å². The maximum atomic E-state index is 12.1. The molecule has 9 rings (SSSR count). The molecule has 4 aliphatic carbocycles. The van der Waals surface area contributed by atoms with Crippen LogP contribution in [0.5, 0.6) is 0 Å². The summed E-state index contributed by atoms with van der Waals surface area (Å²) in [5.74, 6) is -0.654. The van der Waals surface area contributed by atoms with E-state index in [-0.39, 0.29) is 22.8 Å². The number of allylic oxidation sites excluding steroid dienone is 8. The van der Waals surface area contributed by atoms with Gasteiger partial charge in [-0.3, -0.25) is 0 Å². The van der Waals surface area contributed by atoms with Gasteiger partial charge in [0.05, 0.1) is 11.3 Å². The van der Waals surface area contributed by atoms with E-state index in [9.17, 15) is 9.90 Å². The Morgan fingerprint density at radius 2 is 1.12 bits per heavy atom. The van der Waals surface area contributed by atoms with Crippen molar-refractivity contribution in [1.29, 1.82) is 0 Å². The normalized spacial score (nSPS) is 19.7. The van der Waals surface area contributed by atoms with Crippen LogP contribution in [0.2, 0.25) is 0 Å². The van der Waals surface area contributed by atoms with Crippen molar-refractivity contribution in [1.82, 2.24) is 4.58 Å². The Balaban J connectivity index is 1.21. The lowest BCUT2D eigenvalue weighted by molar-refractivity contribution is -0.484. The predicted molar refractivity (Wildman–Crippen MR) is 275 cm³/mol. The van der Waals surface area contributed by atoms with Crippen LogP contribution in [0.4, 0.5) is 11.4 Å². The number of unbranched alkanes of at least 4 members (excludes halogenated alkanes) is 4. The second kappa shape index (κ2) is 19.1. The molecule has 0 aromatic heterocycles. The van der Waals surface area contributed by atoms with Gasteiger partial charge in [-0.05, 0) is 133 Å². The molecule has 4 nitrogen and oxygen atoms in total. The zero-order valence-corrected chi connectivity index (χ0v) is 40.9. The molecule has 0 saturated heterocycles. The highest BCUT2D eigenvalue weighted by atomic mass is 16.4. The minimum Gasteiger partial charge on any atom is -0.544 e. The number of aliphatic carboxylic acids is 1. The van der Waals surface area contributed by atoms with Gasteiger partial charge in [0.2, 0.25) is 17.1 Å². The average Bonchev–Trinajstić information content (AvgIpc) is 3.85. The van der Waals surface area contributed by atoms with E-state index in [0.717, 1.165) is 61.9 Å². The van der Waals surface area contributed by atoms with Crippen molar-refractivity contribution in [3.05, 3.63) is 155 Å². The number of carboxylic acids is 1. The molecule has 0 amide bonds. The van der Waals surface area contributed by atoms with Crippen molar-refractivity contribution in [3.8, 4) is 22.3 Å². The molecule has 4 aromatic carbocycles. The standard InChI is InChI=1S/C62H73N2O2/c1-7-11-37-61(38-12-8-2)52-23-17-15-21-48(52)50-34-32-46(41-55(50)61)64(47-33-35-51-49-22-16-18-24-53(49)62(39-13-9-3,40-14-10-4)56(51)42-47)45-30-27-44(28-31-45)29-36-58-60(5,6)54-25-19-20-26-57(54)63(58)43-59(65)66/h15-18,21-24,27-36,41-42,54H,7-14,19-20,25-26,37-40,43H2,1-6H3/q+1. The molecular formula is C62H73N2O2+. The molecule has 1 unspecified atom stereocenters. The van der Waals surface area contributed by atoms with Crippen LogP contribution in [-0.4, -0.2) is 28.5 Å². The van der Waals surface area contributed by atoms with Gasteiger partial charge in [0.1, 0.15) is 5.97 Å². The molecule has 0 bridgehead atoms. The van der Waals surface area contributed by atoms with Crippen LogP contribution in [0.25, 0.3) is 22.3 Å². The Morgan fingerprint density at radius 1 is 0.636 bits per heavy atom. The third-order valence-electron chi connectivity index (χ3n) is 16.5. The summed E-state index contributed by atoms with van der Waals surface area (Å²) in [5, 5.41) is 12.1. The summed E-state index contributed by atoms with van der Waals surface area (Å²) in [7, 11) is 0. The zero-order valence-electron chi connectivity index (χ0n) is 40.9. The maximum Gasteiger partial charge on any atom is 0.212 e. The molecule has 1 heterocycles.